The summed E-state index contributed by atoms with van der Waals surface area (Å²) >= 11 is 1.05. The minimum Gasteiger partial charge on any atom is -0.482 e. The van der Waals surface area contributed by atoms with Crippen molar-refractivity contribution < 1.29 is 22.3 Å². The maximum absolute atomic E-state index is 13.7. The van der Waals surface area contributed by atoms with Crippen LogP contribution in [0.2, 0.25) is 0 Å². The van der Waals surface area contributed by atoms with Crippen LogP contribution in [0.15, 0.2) is 58.6 Å². The lowest BCUT2D eigenvalue weighted by Gasteiger charge is -2.20. The minimum atomic E-state index is -3.63. The smallest absolute Gasteiger partial charge is 0.243 e. The molecule has 0 aliphatic carbocycles. The molecule has 0 radical (unpaired) electrons. The second kappa shape index (κ2) is 11.7. The normalized spacial score (nSPS) is 14.8. The Morgan fingerprint density at radius 3 is 2.58 bits per heavy atom. The number of hydrogen-bond donors (Lipinski definition) is 2. The third kappa shape index (κ3) is 6.33. The number of para-hydroxylation sites is 1. The van der Waals surface area contributed by atoms with Crippen molar-refractivity contribution in [1.29, 1.82) is 0 Å². The number of nitrogens with zero attached hydrogens (tertiary/aromatic N) is 4. The zero-order valence-electron chi connectivity index (χ0n) is 19.5. The number of ether oxygens (including phenoxy) is 1. The van der Waals surface area contributed by atoms with Gasteiger partial charge >= 0.3 is 0 Å². The van der Waals surface area contributed by atoms with Crippen LogP contribution in [0.25, 0.3) is 0 Å². The van der Waals surface area contributed by atoms with Gasteiger partial charge in [-0.2, -0.15) is 4.31 Å². The van der Waals surface area contributed by atoms with Gasteiger partial charge in [-0.25, -0.2) is 17.5 Å². The van der Waals surface area contributed by atoms with Crippen LogP contribution >= 0.6 is 11.8 Å². The van der Waals surface area contributed by atoms with E-state index in [-0.39, 0.29) is 39.9 Å². The lowest BCUT2D eigenvalue weighted by molar-refractivity contribution is -0.113. The van der Waals surface area contributed by atoms with Crippen molar-refractivity contribution in [3.05, 3.63) is 60.2 Å². The second-order valence-electron chi connectivity index (χ2n) is 8.17. The summed E-state index contributed by atoms with van der Waals surface area (Å²) < 4.78 is 47.9. The van der Waals surface area contributed by atoms with Crippen molar-refractivity contribution in [2.45, 2.75) is 42.3 Å². The van der Waals surface area contributed by atoms with Gasteiger partial charge < -0.3 is 15.9 Å². The highest BCUT2D eigenvalue weighted by molar-refractivity contribution is 7.99. The number of hydrogen-bond acceptors (Lipinski definition) is 8. The van der Waals surface area contributed by atoms with E-state index in [0.717, 1.165) is 37.4 Å². The number of sulfonamides is 1. The molecule has 1 aliphatic rings. The highest BCUT2D eigenvalue weighted by atomic mass is 32.2. The first-order chi connectivity index (χ1) is 17.3. The molecule has 36 heavy (non-hydrogen) atoms. The van der Waals surface area contributed by atoms with E-state index in [1.54, 1.807) is 24.3 Å². The van der Waals surface area contributed by atoms with Crippen LogP contribution in [0, 0.1) is 5.82 Å². The van der Waals surface area contributed by atoms with Crippen LogP contribution in [0.3, 0.4) is 0 Å². The Kier molecular flexibility index (Phi) is 8.44. The zero-order valence-corrected chi connectivity index (χ0v) is 21.1. The van der Waals surface area contributed by atoms with Gasteiger partial charge in [-0.05, 0) is 43.2 Å². The summed E-state index contributed by atoms with van der Waals surface area (Å²) in [6, 6.07) is 12.2. The SMILES string of the molecule is Nn1c(COc2ccccc2F)nnc1SCC(=O)Nc1cccc(S(=O)(=O)N2CCCCCC2)c1. The first kappa shape index (κ1) is 25.9. The summed E-state index contributed by atoms with van der Waals surface area (Å²) in [6.45, 7) is 0.904. The number of carbonyl (C=O) groups is 1. The fourth-order valence-corrected chi connectivity index (χ4v) is 5.94. The molecule has 10 nitrogen and oxygen atoms in total. The van der Waals surface area contributed by atoms with Crippen molar-refractivity contribution in [1.82, 2.24) is 19.2 Å². The Labute approximate surface area is 213 Å². The molecule has 3 aromatic rings. The Morgan fingerprint density at radius 2 is 1.83 bits per heavy atom. The van der Waals surface area contributed by atoms with Crippen molar-refractivity contribution >= 4 is 33.4 Å². The zero-order chi connectivity index (χ0) is 25.5. The first-order valence-corrected chi connectivity index (χ1v) is 13.9. The molecule has 0 bridgehead atoms. The molecule has 1 fully saturated rings. The van der Waals surface area contributed by atoms with Crippen molar-refractivity contribution in [2.75, 3.05) is 30.0 Å². The summed E-state index contributed by atoms with van der Waals surface area (Å²) in [5.41, 5.74) is 0.379. The van der Waals surface area contributed by atoms with Crippen LogP contribution in [0.4, 0.5) is 10.1 Å². The minimum absolute atomic E-state index is 0.0351. The monoisotopic (exact) mass is 534 g/mol. The number of benzene rings is 2. The average Bonchev–Trinajstić information content (AvgIpc) is 3.04. The molecule has 13 heteroatoms. The summed E-state index contributed by atoms with van der Waals surface area (Å²) in [6.07, 6.45) is 3.73. The largest absolute Gasteiger partial charge is 0.482 e. The fourth-order valence-electron chi connectivity index (χ4n) is 3.70. The number of rotatable bonds is 9. The third-order valence-corrected chi connectivity index (χ3v) is 8.42. The summed E-state index contributed by atoms with van der Waals surface area (Å²) in [7, 11) is -3.63. The quantitative estimate of drug-likeness (QED) is 0.316. The molecule has 0 unspecified atom stereocenters. The summed E-state index contributed by atoms with van der Waals surface area (Å²) in [5, 5.41) is 10.9. The molecular weight excluding hydrogens is 507 g/mol. The van der Waals surface area contributed by atoms with E-state index in [1.165, 1.54) is 33.2 Å². The summed E-state index contributed by atoms with van der Waals surface area (Å²) in [4.78, 5) is 12.7. The van der Waals surface area contributed by atoms with E-state index < -0.39 is 15.8 Å². The maximum Gasteiger partial charge on any atom is 0.243 e. The topological polar surface area (TPSA) is 132 Å². The molecule has 4 rings (SSSR count). The highest BCUT2D eigenvalue weighted by Gasteiger charge is 2.25. The second-order valence-corrected chi connectivity index (χ2v) is 11.1. The Balaban J connectivity index is 1.33. The standard InChI is InChI=1S/C23H27FN6O4S2/c24-19-10-3-4-11-20(19)34-15-21-27-28-23(30(21)25)35-16-22(31)26-17-8-7-9-18(14-17)36(32,33)29-12-5-1-2-6-13-29/h3-4,7-11,14H,1-2,5-6,12-13,15-16,25H2,(H,26,31). The third-order valence-electron chi connectivity index (χ3n) is 5.58. The van der Waals surface area contributed by atoms with Crippen LogP contribution in [0.5, 0.6) is 5.75 Å². The molecule has 1 aliphatic heterocycles. The first-order valence-electron chi connectivity index (χ1n) is 11.4. The number of nitrogens with one attached hydrogen (secondary N) is 1. The van der Waals surface area contributed by atoms with Gasteiger partial charge in [-0.1, -0.05) is 42.8 Å². The molecule has 1 saturated heterocycles. The van der Waals surface area contributed by atoms with E-state index in [2.05, 4.69) is 15.5 Å². The van der Waals surface area contributed by atoms with Gasteiger partial charge in [0.25, 0.3) is 0 Å². The van der Waals surface area contributed by atoms with Gasteiger partial charge in [0.1, 0.15) is 6.61 Å². The Morgan fingerprint density at radius 1 is 1.08 bits per heavy atom. The average molecular weight is 535 g/mol. The molecule has 0 spiro atoms. The molecule has 1 aromatic heterocycles. The Bertz CT molecular complexity index is 1310. The van der Waals surface area contributed by atoms with Gasteiger partial charge in [-0.15, -0.1) is 10.2 Å². The van der Waals surface area contributed by atoms with E-state index in [1.807, 2.05) is 0 Å². The maximum atomic E-state index is 13.7. The fraction of sp³-hybridized carbons (Fsp3) is 0.348. The summed E-state index contributed by atoms with van der Waals surface area (Å²) in [5.74, 6) is 5.41. The molecule has 2 heterocycles. The van der Waals surface area contributed by atoms with Gasteiger partial charge in [-0.3, -0.25) is 4.79 Å². The number of anilines is 1. The number of amides is 1. The van der Waals surface area contributed by atoms with Crippen LogP contribution in [0.1, 0.15) is 31.5 Å². The highest BCUT2D eigenvalue weighted by Crippen LogP contribution is 2.23. The molecule has 192 valence electrons. The van der Waals surface area contributed by atoms with Crippen LogP contribution in [-0.2, 0) is 21.4 Å². The van der Waals surface area contributed by atoms with Gasteiger partial charge in [0.15, 0.2) is 17.4 Å². The number of thioether (sulfide) groups is 1. The van der Waals surface area contributed by atoms with Crippen LogP contribution < -0.4 is 15.9 Å². The Hall–Kier alpha value is -3.16. The van der Waals surface area contributed by atoms with Gasteiger partial charge in [0, 0.05) is 18.8 Å². The predicted octanol–water partition coefficient (Wildman–Crippen LogP) is 3.01. The predicted molar refractivity (Wildman–Crippen MR) is 134 cm³/mol. The molecule has 0 saturated carbocycles. The van der Waals surface area contributed by atoms with E-state index in [9.17, 15) is 17.6 Å². The number of carbonyl (C=O) groups excluding carboxylic acids is 1. The molecular formula is C23H27FN6O4S2. The lowest BCUT2D eigenvalue weighted by Crippen LogP contribution is -2.32. The van der Waals surface area contributed by atoms with E-state index in [4.69, 9.17) is 10.6 Å². The lowest BCUT2D eigenvalue weighted by atomic mass is 10.2. The van der Waals surface area contributed by atoms with Crippen LogP contribution in [-0.4, -0.2) is 52.3 Å². The van der Waals surface area contributed by atoms with E-state index in [0.29, 0.717) is 18.8 Å². The molecule has 2 aromatic carbocycles. The number of aromatic nitrogens is 3. The van der Waals surface area contributed by atoms with Crippen molar-refractivity contribution in [2.24, 2.45) is 0 Å². The van der Waals surface area contributed by atoms with Gasteiger partial charge in [0.2, 0.25) is 21.1 Å². The van der Waals surface area contributed by atoms with Gasteiger partial charge in [0.05, 0.1) is 10.6 Å². The molecule has 3 N–H and O–H groups in total. The van der Waals surface area contributed by atoms with Crippen molar-refractivity contribution in [3.63, 3.8) is 0 Å². The number of halogens is 1. The van der Waals surface area contributed by atoms with E-state index >= 15 is 0 Å². The molecule has 1 amide bonds. The number of nitrogens with two attached hydrogens (primary N) is 1. The van der Waals surface area contributed by atoms with Crippen molar-refractivity contribution in [3.8, 4) is 5.75 Å². The number of nitrogen functional groups attached to an aromatic ring is 1. The molecule has 0 atom stereocenters.